The molecule has 2 saturated carbocycles. The normalized spacial score (nSPS) is 28.4. The van der Waals surface area contributed by atoms with Gasteiger partial charge in [-0.3, -0.25) is 0 Å². The van der Waals surface area contributed by atoms with Crippen molar-refractivity contribution in [3.63, 3.8) is 0 Å². The van der Waals surface area contributed by atoms with Gasteiger partial charge in [0.1, 0.15) is 5.76 Å². The average Bonchev–Trinajstić information content (AvgIpc) is 2.78. The smallest absolute Gasteiger partial charge is 0.175 e. The van der Waals surface area contributed by atoms with Crippen molar-refractivity contribution in [1.82, 2.24) is 5.16 Å². The second kappa shape index (κ2) is 4.10. The molecule has 1 aromatic heterocycles. The molecular formula is C15H15BrN2O. The van der Waals surface area contributed by atoms with E-state index >= 15 is 0 Å². The Balaban J connectivity index is 1.80. The van der Waals surface area contributed by atoms with Crippen molar-refractivity contribution in [2.24, 2.45) is 11.8 Å². The molecule has 4 heteroatoms. The predicted octanol–water partition coefficient (Wildman–Crippen LogP) is 4.20. The number of hydrogen-bond acceptors (Lipinski definition) is 3. The van der Waals surface area contributed by atoms with E-state index in [0.717, 1.165) is 33.2 Å². The lowest BCUT2D eigenvalue weighted by Gasteiger charge is -2.06. The van der Waals surface area contributed by atoms with Crippen molar-refractivity contribution in [2.45, 2.75) is 25.2 Å². The first-order valence-corrected chi connectivity index (χ1v) is 7.56. The van der Waals surface area contributed by atoms with E-state index in [-0.39, 0.29) is 0 Å². The third-order valence-corrected chi connectivity index (χ3v) is 5.29. The zero-order valence-electron chi connectivity index (χ0n) is 10.5. The maximum atomic E-state index is 6.03. The van der Waals surface area contributed by atoms with Crippen LogP contribution in [0.3, 0.4) is 0 Å². The Kier molecular flexibility index (Phi) is 2.49. The van der Waals surface area contributed by atoms with Crippen LogP contribution in [0.4, 0.5) is 5.82 Å². The van der Waals surface area contributed by atoms with Gasteiger partial charge in [-0.15, -0.1) is 0 Å². The van der Waals surface area contributed by atoms with E-state index in [1.807, 2.05) is 18.2 Å². The molecule has 0 aliphatic heterocycles. The van der Waals surface area contributed by atoms with E-state index in [0.29, 0.717) is 11.7 Å². The fraction of sp³-hybridized carbons (Fsp3) is 0.400. The topological polar surface area (TPSA) is 52.0 Å². The summed E-state index contributed by atoms with van der Waals surface area (Å²) >= 11 is 3.59. The van der Waals surface area contributed by atoms with Crippen molar-refractivity contribution in [2.75, 3.05) is 5.73 Å². The van der Waals surface area contributed by atoms with Crippen molar-refractivity contribution in [3.05, 3.63) is 34.5 Å². The molecule has 1 aromatic carbocycles. The molecule has 0 spiro atoms. The van der Waals surface area contributed by atoms with E-state index < -0.39 is 0 Å². The molecule has 2 aromatic rings. The Bertz CT molecular complexity index is 627. The van der Waals surface area contributed by atoms with E-state index in [9.17, 15) is 0 Å². The van der Waals surface area contributed by atoms with Gasteiger partial charge in [0.05, 0.1) is 5.56 Å². The quantitative estimate of drug-likeness (QED) is 0.902. The van der Waals surface area contributed by atoms with Gasteiger partial charge in [-0.05, 0) is 30.7 Å². The lowest BCUT2D eigenvalue weighted by Crippen LogP contribution is -1.93. The Morgan fingerprint density at radius 3 is 2.68 bits per heavy atom. The molecule has 2 N–H and O–H groups in total. The van der Waals surface area contributed by atoms with Crippen LogP contribution in [0.2, 0.25) is 0 Å². The Labute approximate surface area is 120 Å². The van der Waals surface area contributed by atoms with Gasteiger partial charge in [-0.1, -0.05) is 45.7 Å². The number of fused-ring (bicyclic) bond motifs is 1. The number of benzene rings is 1. The van der Waals surface area contributed by atoms with Gasteiger partial charge >= 0.3 is 0 Å². The van der Waals surface area contributed by atoms with E-state index in [4.69, 9.17) is 10.3 Å². The fourth-order valence-corrected chi connectivity index (χ4v) is 4.17. The molecule has 98 valence electrons. The van der Waals surface area contributed by atoms with Crippen molar-refractivity contribution < 1.29 is 4.52 Å². The fourth-order valence-electron chi connectivity index (χ4n) is 3.69. The molecule has 2 atom stereocenters. The van der Waals surface area contributed by atoms with Gasteiger partial charge in [0.25, 0.3) is 0 Å². The van der Waals surface area contributed by atoms with Crippen LogP contribution < -0.4 is 5.73 Å². The first-order valence-electron chi connectivity index (χ1n) is 6.77. The van der Waals surface area contributed by atoms with Crippen LogP contribution in [-0.4, -0.2) is 5.16 Å². The molecule has 0 amide bonds. The lowest BCUT2D eigenvalue weighted by molar-refractivity contribution is 0.376. The Hall–Kier alpha value is -1.29. The highest BCUT2D eigenvalue weighted by atomic mass is 79.9. The summed E-state index contributed by atoms with van der Waals surface area (Å²) in [6.07, 6.45) is 4.01. The van der Waals surface area contributed by atoms with Crippen LogP contribution in [0.15, 0.2) is 33.3 Å². The van der Waals surface area contributed by atoms with Gasteiger partial charge < -0.3 is 10.3 Å². The number of aromatic nitrogens is 1. The number of anilines is 1. The minimum Gasteiger partial charge on any atom is -0.380 e. The summed E-state index contributed by atoms with van der Waals surface area (Å²) in [6, 6.07) is 8.11. The maximum absolute atomic E-state index is 6.03. The number of nitrogens with two attached hydrogens (primary N) is 1. The predicted molar refractivity (Wildman–Crippen MR) is 77.6 cm³/mol. The molecule has 4 rings (SSSR count). The maximum Gasteiger partial charge on any atom is 0.175 e. The van der Waals surface area contributed by atoms with E-state index in [2.05, 4.69) is 27.2 Å². The molecule has 19 heavy (non-hydrogen) atoms. The summed E-state index contributed by atoms with van der Waals surface area (Å²) in [6.45, 7) is 0. The average molecular weight is 319 g/mol. The number of hydrogen-bond donors (Lipinski definition) is 1. The molecule has 0 saturated heterocycles. The zero-order chi connectivity index (χ0) is 13.0. The molecule has 2 fully saturated rings. The van der Waals surface area contributed by atoms with Crippen LogP contribution in [0.1, 0.15) is 30.9 Å². The number of nitrogen functional groups attached to an aromatic ring is 1. The van der Waals surface area contributed by atoms with Crippen LogP contribution >= 0.6 is 15.9 Å². The second-order valence-corrected chi connectivity index (χ2v) is 6.43. The molecule has 0 radical (unpaired) electrons. The summed E-state index contributed by atoms with van der Waals surface area (Å²) in [5, 5.41) is 4.00. The highest BCUT2D eigenvalue weighted by Gasteiger charge is 2.56. The van der Waals surface area contributed by atoms with Crippen LogP contribution in [0.5, 0.6) is 0 Å². The molecular weight excluding hydrogens is 304 g/mol. The van der Waals surface area contributed by atoms with Crippen LogP contribution in [0.25, 0.3) is 11.1 Å². The minimum absolute atomic E-state index is 0.506. The van der Waals surface area contributed by atoms with Crippen molar-refractivity contribution in [3.8, 4) is 11.1 Å². The zero-order valence-corrected chi connectivity index (χ0v) is 12.1. The second-order valence-electron chi connectivity index (χ2n) is 5.57. The number of rotatable bonds is 2. The summed E-state index contributed by atoms with van der Waals surface area (Å²) < 4.78 is 6.61. The first-order chi connectivity index (χ1) is 9.27. The summed E-state index contributed by atoms with van der Waals surface area (Å²) in [5.74, 6) is 3.65. The molecule has 0 bridgehead atoms. The number of halogens is 1. The highest BCUT2D eigenvalue weighted by molar-refractivity contribution is 9.10. The monoisotopic (exact) mass is 318 g/mol. The largest absolute Gasteiger partial charge is 0.380 e. The van der Waals surface area contributed by atoms with E-state index in [1.165, 1.54) is 19.3 Å². The van der Waals surface area contributed by atoms with Gasteiger partial charge in [0.15, 0.2) is 5.82 Å². The third kappa shape index (κ3) is 1.66. The summed E-state index contributed by atoms with van der Waals surface area (Å²) in [5.41, 5.74) is 8.11. The Morgan fingerprint density at radius 1 is 1.21 bits per heavy atom. The number of nitrogens with zero attached hydrogens (tertiary/aromatic N) is 1. The Morgan fingerprint density at radius 2 is 1.95 bits per heavy atom. The summed E-state index contributed by atoms with van der Waals surface area (Å²) in [4.78, 5) is 0. The molecule has 3 nitrogen and oxygen atoms in total. The van der Waals surface area contributed by atoms with Crippen LogP contribution in [-0.2, 0) is 0 Å². The first kappa shape index (κ1) is 11.5. The molecule has 2 aliphatic rings. The van der Waals surface area contributed by atoms with Crippen molar-refractivity contribution in [1.29, 1.82) is 0 Å². The van der Waals surface area contributed by atoms with Crippen molar-refractivity contribution >= 4 is 21.7 Å². The van der Waals surface area contributed by atoms with E-state index in [1.54, 1.807) is 0 Å². The molecule has 1 heterocycles. The SMILES string of the molecule is Nc1noc(C2C3CCCC32)c1-c1ccccc1Br. The van der Waals surface area contributed by atoms with Gasteiger partial charge in [-0.2, -0.15) is 0 Å². The highest BCUT2D eigenvalue weighted by Crippen LogP contribution is 2.64. The summed E-state index contributed by atoms with van der Waals surface area (Å²) in [7, 11) is 0. The lowest BCUT2D eigenvalue weighted by atomic mass is 10.0. The standard InChI is InChI=1S/C15H15BrN2O/c16-11-7-2-1-4-10(11)13-14(19-18-15(13)17)12-8-5-3-6-9(8)12/h1-2,4,7-9,12H,3,5-6H2,(H2,17,18). The van der Waals surface area contributed by atoms with Crippen LogP contribution in [0, 0.1) is 11.8 Å². The minimum atomic E-state index is 0.506. The van der Waals surface area contributed by atoms with Gasteiger partial charge in [0.2, 0.25) is 0 Å². The third-order valence-electron chi connectivity index (χ3n) is 4.60. The molecule has 2 aliphatic carbocycles. The van der Waals surface area contributed by atoms with Gasteiger partial charge in [0, 0.05) is 16.0 Å². The molecule has 2 unspecified atom stereocenters. The van der Waals surface area contributed by atoms with Gasteiger partial charge in [-0.25, -0.2) is 0 Å².